The summed E-state index contributed by atoms with van der Waals surface area (Å²) in [6, 6.07) is 11.8. The zero-order valence-corrected chi connectivity index (χ0v) is 16.4. The van der Waals surface area contributed by atoms with Gasteiger partial charge < -0.3 is 18.3 Å². The van der Waals surface area contributed by atoms with E-state index in [1.165, 1.54) is 0 Å². The van der Waals surface area contributed by atoms with Crippen LogP contribution in [-0.4, -0.2) is 24.2 Å². The smallest absolute Gasteiger partial charge is 0.342 e. The number of rotatable bonds is 4. The van der Waals surface area contributed by atoms with Gasteiger partial charge in [0.05, 0.1) is 19.4 Å². The molecule has 0 bridgehead atoms. The molecule has 2 aromatic heterocycles. The minimum Gasteiger partial charge on any atom is -0.477 e. The molecule has 1 aliphatic heterocycles. The van der Waals surface area contributed by atoms with Crippen molar-refractivity contribution in [2.45, 2.75) is 26.9 Å². The highest BCUT2D eigenvalue weighted by Gasteiger charge is 2.30. The van der Waals surface area contributed by atoms with E-state index in [0.29, 0.717) is 43.3 Å². The summed E-state index contributed by atoms with van der Waals surface area (Å²) in [5.74, 6) is 1.85. The highest BCUT2D eigenvalue weighted by molar-refractivity contribution is 6.16. The van der Waals surface area contributed by atoms with Gasteiger partial charge in [-0.3, -0.25) is 4.90 Å². The third kappa shape index (κ3) is 2.87. The molecular formula is C23H21NO5. The molecule has 1 aliphatic rings. The lowest BCUT2D eigenvalue weighted by Crippen LogP contribution is -2.31. The van der Waals surface area contributed by atoms with Gasteiger partial charge in [-0.25, -0.2) is 4.79 Å². The molecule has 0 spiro atoms. The lowest BCUT2D eigenvalue weighted by Gasteiger charge is -2.29. The van der Waals surface area contributed by atoms with Crippen molar-refractivity contribution < 1.29 is 23.1 Å². The summed E-state index contributed by atoms with van der Waals surface area (Å²) in [5.41, 5.74) is 2.12. The Labute approximate surface area is 167 Å². The van der Waals surface area contributed by atoms with Gasteiger partial charge in [-0.15, -0.1) is 0 Å². The van der Waals surface area contributed by atoms with Gasteiger partial charge in [0.2, 0.25) is 0 Å². The monoisotopic (exact) mass is 391 g/mol. The summed E-state index contributed by atoms with van der Waals surface area (Å²) in [5, 5.41) is 2.69. The van der Waals surface area contributed by atoms with Crippen LogP contribution in [0.3, 0.4) is 0 Å². The lowest BCUT2D eigenvalue weighted by molar-refractivity contribution is 0.0526. The second kappa shape index (κ2) is 6.97. The summed E-state index contributed by atoms with van der Waals surface area (Å²) >= 11 is 0. The van der Waals surface area contributed by atoms with E-state index in [1.54, 1.807) is 20.1 Å². The number of fused-ring (bicyclic) bond motifs is 6. The van der Waals surface area contributed by atoms with Crippen molar-refractivity contribution in [2.75, 3.05) is 13.3 Å². The third-order valence-electron chi connectivity index (χ3n) is 5.29. The summed E-state index contributed by atoms with van der Waals surface area (Å²) in [4.78, 5) is 14.9. The highest BCUT2D eigenvalue weighted by atomic mass is 16.5. The molecule has 4 aromatic rings. The summed E-state index contributed by atoms with van der Waals surface area (Å²) in [6.45, 7) is 5.58. The van der Waals surface area contributed by atoms with E-state index < -0.39 is 0 Å². The zero-order chi connectivity index (χ0) is 20.0. The molecule has 0 fully saturated rings. The second-order valence-corrected chi connectivity index (χ2v) is 7.15. The molecule has 0 saturated carbocycles. The van der Waals surface area contributed by atoms with Crippen LogP contribution < -0.4 is 4.74 Å². The van der Waals surface area contributed by atoms with Gasteiger partial charge in [-0.2, -0.15) is 0 Å². The van der Waals surface area contributed by atoms with Crippen molar-refractivity contribution >= 4 is 27.7 Å². The van der Waals surface area contributed by atoms with Crippen molar-refractivity contribution in [1.82, 2.24) is 4.90 Å². The number of furan rings is 2. The topological polar surface area (TPSA) is 65.1 Å². The van der Waals surface area contributed by atoms with Crippen LogP contribution in [0.5, 0.6) is 5.75 Å². The van der Waals surface area contributed by atoms with E-state index in [9.17, 15) is 4.79 Å². The van der Waals surface area contributed by atoms with Gasteiger partial charge in [0.25, 0.3) is 0 Å². The van der Waals surface area contributed by atoms with Gasteiger partial charge in [-0.05, 0) is 26.0 Å². The quantitative estimate of drug-likeness (QED) is 0.455. The first-order valence-corrected chi connectivity index (χ1v) is 9.68. The van der Waals surface area contributed by atoms with Gasteiger partial charge >= 0.3 is 5.97 Å². The number of ether oxygens (including phenoxy) is 2. The van der Waals surface area contributed by atoms with E-state index in [0.717, 1.165) is 33.2 Å². The summed E-state index contributed by atoms with van der Waals surface area (Å²) < 4.78 is 23.1. The van der Waals surface area contributed by atoms with E-state index in [4.69, 9.17) is 18.3 Å². The molecular weight excluding hydrogens is 370 g/mol. The molecule has 148 valence electrons. The molecule has 0 saturated heterocycles. The maximum Gasteiger partial charge on any atom is 0.342 e. The van der Waals surface area contributed by atoms with Crippen LogP contribution in [-0.2, 0) is 17.8 Å². The molecule has 0 N–H and O–H groups in total. The van der Waals surface area contributed by atoms with Crippen molar-refractivity contribution in [3.63, 3.8) is 0 Å². The van der Waals surface area contributed by atoms with E-state index in [-0.39, 0.29) is 5.97 Å². The molecule has 5 rings (SSSR count). The maximum atomic E-state index is 12.7. The van der Waals surface area contributed by atoms with E-state index in [2.05, 4.69) is 4.90 Å². The number of esters is 1. The average molecular weight is 391 g/mol. The predicted molar refractivity (Wildman–Crippen MR) is 108 cm³/mol. The molecule has 3 heterocycles. The Morgan fingerprint density at radius 1 is 1.17 bits per heavy atom. The van der Waals surface area contributed by atoms with Crippen molar-refractivity contribution in [3.05, 3.63) is 65.3 Å². The number of aryl methyl sites for hydroxylation is 1. The molecule has 29 heavy (non-hydrogen) atoms. The van der Waals surface area contributed by atoms with Gasteiger partial charge in [0, 0.05) is 28.3 Å². The van der Waals surface area contributed by atoms with Gasteiger partial charge in [-0.1, -0.05) is 24.3 Å². The summed E-state index contributed by atoms with van der Waals surface area (Å²) in [6.07, 6.45) is 1.66. The van der Waals surface area contributed by atoms with Gasteiger partial charge in [0.15, 0.2) is 0 Å². The van der Waals surface area contributed by atoms with Crippen LogP contribution >= 0.6 is 0 Å². The number of hydrogen-bond acceptors (Lipinski definition) is 6. The molecule has 6 nitrogen and oxygen atoms in total. The number of carbonyl (C=O) groups excluding carboxylic acids is 1. The van der Waals surface area contributed by atoms with Crippen LogP contribution in [0.2, 0.25) is 0 Å². The Balaban J connectivity index is 1.72. The second-order valence-electron chi connectivity index (χ2n) is 7.15. The van der Waals surface area contributed by atoms with Gasteiger partial charge in [0.1, 0.15) is 35.1 Å². The number of nitrogens with zero attached hydrogens (tertiary/aromatic N) is 1. The van der Waals surface area contributed by atoms with Crippen LogP contribution in [0.1, 0.15) is 34.4 Å². The van der Waals surface area contributed by atoms with Crippen molar-refractivity contribution in [2.24, 2.45) is 0 Å². The predicted octanol–water partition coefficient (Wildman–Crippen LogP) is 5.02. The first kappa shape index (κ1) is 17.8. The molecule has 6 heteroatoms. The highest BCUT2D eigenvalue weighted by Crippen LogP contribution is 2.44. The van der Waals surface area contributed by atoms with Crippen molar-refractivity contribution in [3.8, 4) is 5.75 Å². The molecule has 0 aliphatic carbocycles. The lowest BCUT2D eigenvalue weighted by atomic mass is 9.96. The minimum atomic E-state index is -0.371. The average Bonchev–Trinajstić information content (AvgIpc) is 3.35. The molecule has 0 unspecified atom stereocenters. The van der Waals surface area contributed by atoms with E-state index in [1.807, 2.05) is 36.4 Å². The number of benzene rings is 2. The molecule has 0 radical (unpaired) electrons. The Bertz CT molecular complexity index is 1210. The van der Waals surface area contributed by atoms with Crippen LogP contribution in [0, 0.1) is 6.92 Å². The SMILES string of the molecule is CCOC(=O)c1c(C)oc2c1c1c(c3ccccc32)OCN(Cc2ccco2)C1. The standard InChI is InChI=1S/C23H21NO5/c1-3-26-23(25)19-14(2)29-22-17-9-5-4-8-16(17)21-18(20(19)22)12-24(13-28-21)11-15-7-6-10-27-15/h4-10H,3,11-13H2,1-2H3. The van der Waals surface area contributed by atoms with Crippen LogP contribution in [0.15, 0.2) is 51.5 Å². The van der Waals surface area contributed by atoms with Crippen LogP contribution in [0.4, 0.5) is 0 Å². The zero-order valence-electron chi connectivity index (χ0n) is 16.4. The number of carbonyl (C=O) groups is 1. The molecule has 0 amide bonds. The Morgan fingerprint density at radius 2 is 2.00 bits per heavy atom. The maximum absolute atomic E-state index is 12.7. The van der Waals surface area contributed by atoms with Crippen molar-refractivity contribution in [1.29, 1.82) is 0 Å². The summed E-state index contributed by atoms with van der Waals surface area (Å²) in [7, 11) is 0. The minimum absolute atomic E-state index is 0.307. The first-order valence-electron chi connectivity index (χ1n) is 9.68. The first-order chi connectivity index (χ1) is 14.2. The normalized spacial score (nSPS) is 14.1. The fourth-order valence-electron chi connectivity index (χ4n) is 4.09. The fraction of sp³-hybridized carbons (Fsp3) is 0.261. The Hall–Kier alpha value is -3.25. The molecule has 2 aromatic carbocycles. The number of hydrogen-bond donors (Lipinski definition) is 0. The Kier molecular flexibility index (Phi) is 4.28. The molecule has 0 atom stereocenters. The van der Waals surface area contributed by atoms with Crippen LogP contribution in [0.25, 0.3) is 21.7 Å². The van der Waals surface area contributed by atoms with E-state index >= 15 is 0 Å². The third-order valence-corrected chi connectivity index (χ3v) is 5.29. The largest absolute Gasteiger partial charge is 0.477 e. The fourth-order valence-corrected chi connectivity index (χ4v) is 4.09. The Morgan fingerprint density at radius 3 is 2.76 bits per heavy atom.